The number of carbonyl (C=O) groups is 1. The third kappa shape index (κ3) is 6.03. The van der Waals surface area contributed by atoms with E-state index in [-0.39, 0.29) is 6.29 Å². The van der Waals surface area contributed by atoms with Crippen molar-refractivity contribution in [3.8, 4) is 0 Å². The van der Waals surface area contributed by atoms with Gasteiger partial charge in [-0.2, -0.15) is 0 Å². The zero-order valence-corrected chi connectivity index (χ0v) is 5.97. The predicted molar refractivity (Wildman–Crippen MR) is 33.0 cm³/mol. The Morgan fingerprint density at radius 2 is 2.00 bits per heavy atom. The van der Waals surface area contributed by atoms with Gasteiger partial charge in [-0.15, -0.1) is 0 Å². The van der Waals surface area contributed by atoms with E-state index in [0.29, 0.717) is 0 Å². The van der Waals surface area contributed by atoms with Crippen LogP contribution >= 0.6 is 8.17 Å². The molecule has 10 heavy (non-hydrogen) atoms. The van der Waals surface area contributed by atoms with Crippen LogP contribution in [-0.2, 0) is 9.32 Å². The first kappa shape index (κ1) is 9.90. The van der Waals surface area contributed by atoms with E-state index < -0.39 is 20.9 Å². The fraction of sp³-hybridized carbons (Fsp3) is 0.667. The van der Waals surface area contributed by atoms with Crippen molar-refractivity contribution in [3.63, 3.8) is 0 Å². The van der Waals surface area contributed by atoms with Crippen LogP contribution in [0.3, 0.4) is 0 Å². The molecule has 7 heteroatoms. The molecular formula is C3H9O6P. The molecule has 0 rings (SSSR count). The zero-order valence-electron chi connectivity index (χ0n) is 4.97. The Balaban J connectivity index is 3.45. The van der Waals surface area contributed by atoms with Gasteiger partial charge in [0.05, 0.1) is 0 Å². The Bertz CT molecular complexity index is 108. The van der Waals surface area contributed by atoms with Crippen LogP contribution in [0.1, 0.15) is 0 Å². The number of hydrogen-bond donors (Lipinski definition) is 4. The minimum atomic E-state index is -4.56. The molecule has 0 aromatic heterocycles. The summed E-state index contributed by atoms with van der Waals surface area (Å²) >= 11 is 0. The quantitative estimate of drug-likeness (QED) is 0.287. The molecule has 0 aromatic carbocycles. The van der Waals surface area contributed by atoms with Crippen LogP contribution in [0.15, 0.2) is 0 Å². The van der Waals surface area contributed by atoms with Gasteiger partial charge in [-0.05, 0) is 0 Å². The molecule has 0 aromatic rings. The second-order valence-electron chi connectivity index (χ2n) is 1.59. The second kappa shape index (κ2) is 3.92. The van der Waals surface area contributed by atoms with Crippen molar-refractivity contribution in [1.29, 1.82) is 0 Å². The fourth-order valence-electron chi connectivity index (χ4n) is 0.236. The van der Waals surface area contributed by atoms with Gasteiger partial charge in [0.2, 0.25) is 0 Å². The van der Waals surface area contributed by atoms with Crippen molar-refractivity contribution >= 4 is 14.5 Å². The van der Waals surface area contributed by atoms with E-state index in [0.717, 1.165) is 0 Å². The minimum absolute atomic E-state index is 0.153. The van der Waals surface area contributed by atoms with E-state index >= 15 is 0 Å². The molecule has 0 unspecified atom stereocenters. The van der Waals surface area contributed by atoms with Crippen LogP contribution in [0.5, 0.6) is 0 Å². The number of aliphatic hydroxyl groups excluding tert-OH is 1. The monoisotopic (exact) mass is 172 g/mol. The molecule has 62 valence electrons. The van der Waals surface area contributed by atoms with Crippen LogP contribution in [0, 0.1) is 0 Å². The summed E-state index contributed by atoms with van der Waals surface area (Å²) in [4.78, 5) is 34.2. The molecule has 0 saturated carbocycles. The Morgan fingerprint density at radius 1 is 1.50 bits per heavy atom. The summed E-state index contributed by atoms with van der Waals surface area (Å²) < 4.78 is 3.91. The van der Waals surface area contributed by atoms with Crippen LogP contribution in [0.2, 0.25) is 0 Å². The number of aliphatic hydroxyl groups is 1. The topological polar surface area (TPSA) is 107 Å². The maximum atomic E-state index is 9.66. The molecule has 0 aliphatic heterocycles. The Kier molecular flexibility index (Phi) is 3.88. The third-order valence-electron chi connectivity index (χ3n) is 0.605. The first-order chi connectivity index (χ1) is 4.45. The molecule has 0 spiro atoms. The summed E-state index contributed by atoms with van der Waals surface area (Å²) in [6.07, 6.45) is -1.28. The molecular weight excluding hydrogens is 163 g/mol. The van der Waals surface area contributed by atoms with E-state index in [1.807, 2.05) is 0 Å². The molecule has 0 heterocycles. The number of hydrogen-bond acceptors (Lipinski definition) is 6. The third-order valence-corrected chi connectivity index (χ3v) is 1.16. The van der Waals surface area contributed by atoms with Crippen molar-refractivity contribution in [2.24, 2.45) is 0 Å². The van der Waals surface area contributed by atoms with Crippen molar-refractivity contribution in [2.45, 2.75) is 6.10 Å². The number of rotatable bonds is 4. The van der Waals surface area contributed by atoms with Crippen molar-refractivity contribution < 1.29 is 29.1 Å². The Morgan fingerprint density at radius 3 is 2.30 bits per heavy atom. The van der Waals surface area contributed by atoms with E-state index in [4.69, 9.17) is 19.8 Å². The first-order valence-electron chi connectivity index (χ1n) is 2.40. The van der Waals surface area contributed by atoms with Crippen LogP contribution < -0.4 is 0 Å². The molecule has 0 radical (unpaired) electrons. The van der Waals surface area contributed by atoms with Crippen LogP contribution in [-0.4, -0.2) is 38.8 Å². The van der Waals surface area contributed by atoms with Gasteiger partial charge in [-0.1, -0.05) is 0 Å². The van der Waals surface area contributed by atoms with Gasteiger partial charge in [0.1, 0.15) is 0 Å². The zero-order chi connectivity index (χ0) is 8.20. The van der Waals surface area contributed by atoms with Gasteiger partial charge in [-0.25, -0.2) is 0 Å². The van der Waals surface area contributed by atoms with E-state index in [9.17, 15) is 4.79 Å². The van der Waals surface area contributed by atoms with Crippen LogP contribution in [0.25, 0.3) is 0 Å². The van der Waals surface area contributed by atoms with Gasteiger partial charge in [0.25, 0.3) is 0 Å². The average molecular weight is 172 g/mol. The molecule has 6 nitrogen and oxygen atoms in total. The molecule has 0 aliphatic rings. The van der Waals surface area contributed by atoms with Gasteiger partial charge < -0.3 is 0 Å². The molecule has 0 saturated heterocycles. The summed E-state index contributed by atoms with van der Waals surface area (Å²) in [6, 6.07) is 0. The van der Waals surface area contributed by atoms with Crippen molar-refractivity contribution in [3.05, 3.63) is 0 Å². The van der Waals surface area contributed by atoms with E-state index in [2.05, 4.69) is 4.52 Å². The summed E-state index contributed by atoms with van der Waals surface area (Å²) in [7, 11) is -4.56. The van der Waals surface area contributed by atoms with Crippen molar-refractivity contribution in [2.75, 3.05) is 6.61 Å². The Hall–Kier alpha value is -0.100. The van der Waals surface area contributed by atoms with E-state index in [1.165, 1.54) is 0 Å². The summed E-state index contributed by atoms with van der Waals surface area (Å²) in [5.41, 5.74) is 0. The maximum absolute atomic E-state index is 9.66. The molecule has 0 bridgehead atoms. The molecule has 4 N–H and O–H groups in total. The number of carbonyl (C=O) groups excluding carboxylic acids is 1. The van der Waals surface area contributed by atoms with Crippen molar-refractivity contribution in [1.82, 2.24) is 0 Å². The van der Waals surface area contributed by atoms with Gasteiger partial charge in [0, 0.05) is 0 Å². The summed E-state index contributed by atoms with van der Waals surface area (Å²) in [5, 5.41) is 8.42. The van der Waals surface area contributed by atoms with Gasteiger partial charge in [-0.3, -0.25) is 0 Å². The average Bonchev–Trinajstić information content (AvgIpc) is 1.81. The molecule has 0 aliphatic carbocycles. The van der Waals surface area contributed by atoms with Gasteiger partial charge in [0.15, 0.2) is 0 Å². The van der Waals surface area contributed by atoms with E-state index in [1.54, 1.807) is 0 Å². The Labute approximate surface area is 57.4 Å². The molecule has 0 amide bonds. The SMILES string of the molecule is O=C[C@H](O)CO[PH](O)(O)O. The standard InChI is InChI=1S/C3H9O6P/c4-1-3(5)2-9-10(6,7)8/h1,3,5-8,10H,2H2/t3-/m0/s1. The molecule has 0 fully saturated rings. The summed E-state index contributed by atoms with van der Waals surface area (Å²) in [6.45, 7) is -0.612. The van der Waals surface area contributed by atoms with Crippen LogP contribution in [0.4, 0.5) is 0 Å². The number of aldehydes is 1. The summed E-state index contributed by atoms with van der Waals surface area (Å²) in [5.74, 6) is 0. The normalized spacial score (nSPS) is 16.4. The first-order valence-corrected chi connectivity index (χ1v) is 4.15. The second-order valence-corrected chi connectivity index (χ2v) is 3.02. The fourth-order valence-corrected chi connectivity index (χ4v) is 0.631. The molecule has 1 atom stereocenters. The van der Waals surface area contributed by atoms with Gasteiger partial charge >= 0.3 is 56.3 Å². The predicted octanol–water partition coefficient (Wildman–Crippen LogP) is -2.05.